The van der Waals surface area contributed by atoms with Gasteiger partial charge in [-0.1, -0.05) is 161 Å². The molecule has 0 aromatic rings. The van der Waals surface area contributed by atoms with Crippen LogP contribution in [0.4, 0.5) is 0 Å². The van der Waals surface area contributed by atoms with Gasteiger partial charge in [0.25, 0.3) is 0 Å². The van der Waals surface area contributed by atoms with Crippen LogP contribution in [0, 0.1) is 0 Å². The zero-order valence-corrected chi connectivity index (χ0v) is 28.7. The molecule has 0 unspecified atom stereocenters. The van der Waals surface area contributed by atoms with Crippen LogP contribution in [-0.4, -0.2) is 36.4 Å². The summed E-state index contributed by atoms with van der Waals surface area (Å²) in [5.74, 6) is -0.593. The molecule has 0 heterocycles. The molecule has 0 aromatic carbocycles. The van der Waals surface area contributed by atoms with Crippen molar-refractivity contribution >= 4 is 11.9 Å². The molecule has 0 amide bonds. The SMILES string of the molecule is CCCCC/C=C/CCCCCCCC(=O)O[C@@H](CO)COC(=O)CCCCCCCCCCCCCCCCCCC. The van der Waals surface area contributed by atoms with Crippen molar-refractivity contribution < 1.29 is 24.2 Å². The number of rotatable bonds is 34. The van der Waals surface area contributed by atoms with Gasteiger partial charge in [0.15, 0.2) is 6.10 Å². The Kier molecular flexibility index (Phi) is 34.0. The summed E-state index contributed by atoms with van der Waals surface area (Å²) in [5, 5.41) is 9.52. The van der Waals surface area contributed by atoms with Crippen LogP contribution in [0.3, 0.4) is 0 Å². The third-order valence-electron chi connectivity index (χ3n) is 8.31. The first-order valence-electron chi connectivity index (χ1n) is 18.7. The quantitative estimate of drug-likeness (QED) is 0.0447. The van der Waals surface area contributed by atoms with Crippen LogP contribution in [-0.2, 0) is 19.1 Å². The van der Waals surface area contributed by atoms with Crippen molar-refractivity contribution in [2.24, 2.45) is 0 Å². The van der Waals surface area contributed by atoms with Gasteiger partial charge in [0.05, 0.1) is 6.61 Å². The maximum absolute atomic E-state index is 12.1. The average molecular weight is 609 g/mol. The summed E-state index contributed by atoms with van der Waals surface area (Å²) in [5.41, 5.74) is 0. The fourth-order valence-corrected chi connectivity index (χ4v) is 5.43. The first-order chi connectivity index (χ1) is 21.1. The van der Waals surface area contributed by atoms with Crippen LogP contribution in [0.15, 0.2) is 12.2 Å². The molecule has 43 heavy (non-hydrogen) atoms. The minimum Gasteiger partial charge on any atom is -0.462 e. The Morgan fingerprint density at radius 3 is 1.30 bits per heavy atom. The summed E-state index contributed by atoms with van der Waals surface area (Å²) in [4.78, 5) is 24.2. The van der Waals surface area contributed by atoms with Gasteiger partial charge in [0.2, 0.25) is 0 Å². The summed E-state index contributed by atoms with van der Waals surface area (Å²) in [6.07, 6.45) is 38.4. The molecular weight excluding hydrogens is 536 g/mol. The van der Waals surface area contributed by atoms with Crippen LogP contribution >= 0.6 is 0 Å². The molecule has 5 heteroatoms. The van der Waals surface area contributed by atoms with Crippen LogP contribution in [0.2, 0.25) is 0 Å². The van der Waals surface area contributed by atoms with Gasteiger partial charge >= 0.3 is 11.9 Å². The highest BCUT2D eigenvalue weighted by molar-refractivity contribution is 5.70. The molecule has 0 fully saturated rings. The highest BCUT2D eigenvalue weighted by Gasteiger charge is 2.16. The van der Waals surface area contributed by atoms with Gasteiger partial charge in [0.1, 0.15) is 6.61 Å². The molecule has 0 radical (unpaired) electrons. The Morgan fingerprint density at radius 2 is 0.860 bits per heavy atom. The van der Waals surface area contributed by atoms with Crippen molar-refractivity contribution in [3.8, 4) is 0 Å². The van der Waals surface area contributed by atoms with Gasteiger partial charge in [0, 0.05) is 12.8 Å². The van der Waals surface area contributed by atoms with Gasteiger partial charge in [-0.3, -0.25) is 9.59 Å². The van der Waals surface area contributed by atoms with Crippen molar-refractivity contribution in [1.82, 2.24) is 0 Å². The van der Waals surface area contributed by atoms with E-state index in [4.69, 9.17) is 9.47 Å². The second-order valence-electron chi connectivity index (χ2n) is 12.7. The molecule has 0 aliphatic carbocycles. The van der Waals surface area contributed by atoms with Gasteiger partial charge in [-0.05, 0) is 38.5 Å². The van der Waals surface area contributed by atoms with E-state index in [9.17, 15) is 14.7 Å². The van der Waals surface area contributed by atoms with E-state index in [2.05, 4.69) is 26.0 Å². The standard InChI is InChI=1S/C38H72O5/c1-3-5-7-9-11-13-15-17-18-19-20-21-23-24-26-28-30-32-37(40)42-35-36(34-39)43-38(41)33-31-29-27-25-22-16-14-12-10-8-6-4-2/h12,14,36,39H,3-11,13,15-35H2,1-2H3/b14-12+/t36-/m0/s1. The Bertz CT molecular complexity index is 617. The molecule has 0 spiro atoms. The second-order valence-corrected chi connectivity index (χ2v) is 12.7. The molecule has 0 saturated carbocycles. The maximum Gasteiger partial charge on any atom is 0.306 e. The van der Waals surface area contributed by atoms with E-state index in [1.54, 1.807) is 0 Å². The van der Waals surface area contributed by atoms with E-state index < -0.39 is 6.10 Å². The number of ether oxygens (including phenoxy) is 2. The zero-order chi connectivity index (χ0) is 31.5. The minimum atomic E-state index is -0.767. The predicted octanol–water partition coefficient (Wildman–Crippen LogP) is 11.3. The normalized spacial score (nSPS) is 12.2. The fraction of sp³-hybridized carbons (Fsp3) is 0.895. The third kappa shape index (κ3) is 33.4. The molecule has 1 atom stereocenters. The summed E-state index contributed by atoms with van der Waals surface area (Å²) in [7, 11) is 0. The lowest BCUT2D eigenvalue weighted by Crippen LogP contribution is -2.28. The predicted molar refractivity (Wildman–Crippen MR) is 182 cm³/mol. The van der Waals surface area contributed by atoms with E-state index in [1.165, 1.54) is 135 Å². The Hall–Kier alpha value is -1.36. The van der Waals surface area contributed by atoms with Crippen molar-refractivity contribution in [3.63, 3.8) is 0 Å². The van der Waals surface area contributed by atoms with Crippen molar-refractivity contribution in [3.05, 3.63) is 12.2 Å². The molecule has 0 aliphatic rings. The van der Waals surface area contributed by atoms with Crippen molar-refractivity contribution in [2.75, 3.05) is 13.2 Å². The first kappa shape index (κ1) is 41.6. The van der Waals surface area contributed by atoms with E-state index in [-0.39, 0.29) is 25.2 Å². The van der Waals surface area contributed by atoms with Gasteiger partial charge < -0.3 is 14.6 Å². The number of carbonyl (C=O) groups excluding carboxylic acids is 2. The van der Waals surface area contributed by atoms with E-state index in [0.717, 1.165) is 38.5 Å². The van der Waals surface area contributed by atoms with Crippen LogP contribution in [0.25, 0.3) is 0 Å². The molecule has 254 valence electrons. The number of esters is 2. The monoisotopic (exact) mass is 609 g/mol. The lowest BCUT2D eigenvalue weighted by Gasteiger charge is -2.15. The smallest absolute Gasteiger partial charge is 0.306 e. The van der Waals surface area contributed by atoms with Crippen LogP contribution in [0.5, 0.6) is 0 Å². The van der Waals surface area contributed by atoms with Gasteiger partial charge in [-0.15, -0.1) is 0 Å². The zero-order valence-electron chi connectivity index (χ0n) is 28.7. The largest absolute Gasteiger partial charge is 0.462 e. The van der Waals surface area contributed by atoms with E-state index in [0.29, 0.717) is 12.8 Å². The second kappa shape index (κ2) is 35.1. The third-order valence-corrected chi connectivity index (χ3v) is 8.31. The van der Waals surface area contributed by atoms with Crippen molar-refractivity contribution in [2.45, 2.75) is 206 Å². The fourth-order valence-electron chi connectivity index (χ4n) is 5.43. The minimum absolute atomic E-state index is 0.0635. The van der Waals surface area contributed by atoms with Crippen molar-refractivity contribution in [1.29, 1.82) is 0 Å². The number of carbonyl (C=O) groups is 2. The summed E-state index contributed by atoms with van der Waals surface area (Å²) >= 11 is 0. The number of hydrogen-bond donors (Lipinski definition) is 1. The van der Waals surface area contributed by atoms with Crippen LogP contribution < -0.4 is 0 Å². The lowest BCUT2D eigenvalue weighted by atomic mass is 10.0. The molecule has 5 nitrogen and oxygen atoms in total. The van der Waals surface area contributed by atoms with Gasteiger partial charge in [-0.2, -0.15) is 0 Å². The van der Waals surface area contributed by atoms with Crippen LogP contribution in [0.1, 0.15) is 200 Å². The number of hydrogen-bond acceptors (Lipinski definition) is 5. The molecule has 1 N–H and O–H groups in total. The molecule has 0 aromatic heterocycles. The highest BCUT2D eigenvalue weighted by Crippen LogP contribution is 2.15. The number of aliphatic hydroxyl groups excluding tert-OH is 1. The molecule has 0 aliphatic heterocycles. The summed E-state index contributed by atoms with van der Waals surface area (Å²) < 4.78 is 10.6. The first-order valence-corrected chi connectivity index (χ1v) is 18.7. The maximum atomic E-state index is 12.1. The number of aliphatic hydroxyl groups is 1. The molecular formula is C38H72O5. The molecule has 0 rings (SSSR count). The van der Waals surface area contributed by atoms with E-state index in [1.807, 2.05) is 0 Å². The number of allylic oxidation sites excluding steroid dienone is 2. The Balaban J connectivity index is 3.52. The Morgan fingerprint density at radius 1 is 0.512 bits per heavy atom. The highest BCUT2D eigenvalue weighted by atomic mass is 16.6. The summed E-state index contributed by atoms with van der Waals surface area (Å²) in [6.45, 7) is 4.11. The summed E-state index contributed by atoms with van der Waals surface area (Å²) in [6, 6.07) is 0. The topological polar surface area (TPSA) is 72.8 Å². The molecule has 0 saturated heterocycles. The molecule has 0 bridgehead atoms. The lowest BCUT2D eigenvalue weighted by molar-refractivity contribution is -0.161. The van der Waals surface area contributed by atoms with Gasteiger partial charge in [-0.25, -0.2) is 0 Å². The van der Waals surface area contributed by atoms with E-state index >= 15 is 0 Å². The average Bonchev–Trinajstić information content (AvgIpc) is 3.01. The number of unbranched alkanes of at least 4 members (excludes halogenated alkanes) is 24. The Labute approximate surface area is 267 Å².